The van der Waals surface area contributed by atoms with E-state index in [-0.39, 0.29) is 5.82 Å². The first-order valence-corrected chi connectivity index (χ1v) is 4.40. The van der Waals surface area contributed by atoms with E-state index in [0.717, 1.165) is 11.2 Å². The van der Waals surface area contributed by atoms with Gasteiger partial charge in [-0.1, -0.05) is 0 Å². The van der Waals surface area contributed by atoms with Crippen LogP contribution in [0.3, 0.4) is 0 Å². The van der Waals surface area contributed by atoms with Gasteiger partial charge in [-0.3, -0.25) is 4.98 Å². The van der Waals surface area contributed by atoms with Crippen LogP contribution in [0, 0.1) is 5.82 Å². The molecule has 4 heteroatoms. The highest BCUT2D eigenvalue weighted by atomic mass is 19.1. The minimum absolute atomic E-state index is 0.347. The summed E-state index contributed by atoms with van der Waals surface area (Å²) in [6, 6.07) is 3.26. The van der Waals surface area contributed by atoms with Crippen molar-refractivity contribution in [1.29, 1.82) is 0 Å². The number of aromatic nitrogens is 2. The van der Waals surface area contributed by atoms with Crippen LogP contribution in [0.5, 0.6) is 0 Å². The molecule has 3 nitrogen and oxygen atoms in total. The summed E-state index contributed by atoms with van der Waals surface area (Å²) >= 11 is 0. The lowest BCUT2D eigenvalue weighted by Gasteiger charge is -2.15. The SMILES string of the molecule is CC(C)(N)c1cc2ncc(F)cc2[nH]1. The predicted molar refractivity (Wildman–Crippen MR) is 53.3 cm³/mol. The first kappa shape index (κ1) is 9.15. The van der Waals surface area contributed by atoms with Crippen LogP contribution in [0.25, 0.3) is 11.0 Å². The summed E-state index contributed by atoms with van der Waals surface area (Å²) in [5.41, 5.74) is 7.71. The molecule has 0 aliphatic heterocycles. The zero-order valence-corrected chi connectivity index (χ0v) is 8.13. The van der Waals surface area contributed by atoms with Gasteiger partial charge in [0.25, 0.3) is 0 Å². The van der Waals surface area contributed by atoms with Crippen molar-refractivity contribution in [2.75, 3.05) is 0 Å². The molecule has 2 rings (SSSR count). The number of rotatable bonds is 1. The average molecular weight is 193 g/mol. The molecule has 14 heavy (non-hydrogen) atoms. The summed E-state index contributed by atoms with van der Waals surface area (Å²) in [7, 11) is 0. The van der Waals surface area contributed by atoms with E-state index in [9.17, 15) is 4.39 Å². The lowest BCUT2D eigenvalue weighted by atomic mass is 10.0. The summed E-state index contributed by atoms with van der Waals surface area (Å²) in [4.78, 5) is 7.00. The van der Waals surface area contributed by atoms with Crippen molar-refractivity contribution in [3.63, 3.8) is 0 Å². The Morgan fingerprint density at radius 3 is 2.79 bits per heavy atom. The number of hydrogen-bond donors (Lipinski definition) is 2. The molecule has 0 atom stereocenters. The largest absolute Gasteiger partial charge is 0.355 e. The number of pyridine rings is 1. The van der Waals surface area contributed by atoms with Gasteiger partial charge in [-0.05, 0) is 19.9 Å². The minimum atomic E-state index is -0.461. The highest BCUT2D eigenvalue weighted by Crippen LogP contribution is 2.21. The van der Waals surface area contributed by atoms with Gasteiger partial charge >= 0.3 is 0 Å². The van der Waals surface area contributed by atoms with E-state index in [4.69, 9.17) is 5.73 Å². The molecular weight excluding hydrogens is 181 g/mol. The van der Waals surface area contributed by atoms with Gasteiger partial charge < -0.3 is 10.7 Å². The molecular formula is C10H12FN3. The average Bonchev–Trinajstić information content (AvgIpc) is 2.45. The van der Waals surface area contributed by atoms with E-state index in [1.165, 1.54) is 12.3 Å². The molecule has 0 fully saturated rings. The number of nitrogens with one attached hydrogen (secondary N) is 1. The van der Waals surface area contributed by atoms with E-state index >= 15 is 0 Å². The van der Waals surface area contributed by atoms with Gasteiger partial charge in [0.2, 0.25) is 0 Å². The third kappa shape index (κ3) is 1.48. The van der Waals surface area contributed by atoms with Crippen molar-refractivity contribution in [3.8, 4) is 0 Å². The third-order valence-electron chi connectivity index (χ3n) is 2.13. The number of hydrogen-bond acceptors (Lipinski definition) is 2. The second-order valence-electron chi connectivity index (χ2n) is 3.99. The number of halogens is 1. The predicted octanol–water partition coefficient (Wildman–Crippen LogP) is 1.90. The molecule has 0 spiro atoms. The summed E-state index contributed by atoms with van der Waals surface area (Å²) in [5.74, 6) is -0.347. The Bertz CT molecular complexity index is 468. The first-order chi connectivity index (χ1) is 6.47. The van der Waals surface area contributed by atoms with Gasteiger partial charge in [-0.2, -0.15) is 0 Å². The van der Waals surface area contributed by atoms with E-state index in [1.54, 1.807) is 0 Å². The van der Waals surface area contributed by atoms with Crippen molar-refractivity contribution >= 4 is 11.0 Å². The van der Waals surface area contributed by atoms with Gasteiger partial charge in [0.1, 0.15) is 5.82 Å². The Labute approximate surface area is 81.1 Å². The smallest absolute Gasteiger partial charge is 0.143 e. The molecule has 0 amide bonds. The lowest BCUT2D eigenvalue weighted by molar-refractivity contribution is 0.540. The maximum Gasteiger partial charge on any atom is 0.143 e. The number of nitrogens with two attached hydrogens (primary N) is 1. The fourth-order valence-corrected chi connectivity index (χ4v) is 1.33. The molecule has 0 saturated heterocycles. The Balaban J connectivity index is 2.63. The van der Waals surface area contributed by atoms with Gasteiger partial charge in [0, 0.05) is 11.8 Å². The van der Waals surface area contributed by atoms with E-state index < -0.39 is 5.54 Å². The zero-order valence-electron chi connectivity index (χ0n) is 8.13. The van der Waals surface area contributed by atoms with Gasteiger partial charge in [0.05, 0.1) is 22.8 Å². The second kappa shape index (κ2) is 2.78. The molecule has 2 heterocycles. The van der Waals surface area contributed by atoms with Crippen LogP contribution in [-0.2, 0) is 5.54 Å². The molecule has 2 aromatic rings. The molecule has 0 bridgehead atoms. The van der Waals surface area contributed by atoms with Gasteiger partial charge in [-0.15, -0.1) is 0 Å². The van der Waals surface area contributed by atoms with E-state index in [0.29, 0.717) is 5.52 Å². The maximum absolute atomic E-state index is 12.8. The number of nitrogens with zero attached hydrogens (tertiary/aromatic N) is 1. The lowest BCUT2D eigenvalue weighted by Crippen LogP contribution is -2.28. The molecule has 3 N–H and O–H groups in total. The van der Waals surface area contributed by atoms with Crippen molar-refractivity contribution < 1.29 is 4.39 Å². The van der Waals surface area contributed by atoms with E-state index in [1.807, 2.05) is 19.9 Å². The molecule has 0 saturated carbocycles. The summed E-state index contributed by atoms with van der Waals surface area (Å²) in [6.07, 6.45) is 1.20. The number of aromatic amines is 1. The van der Waals surface area contributed by atoms with E-state index in [2.05, 4.69) is 9.97 Å². The fourth-order valence-electron chi connectivity index (χ4n) is 1.33. The van der Waals surface area contributed by atoms with Crippen LogP contribution in [0.1, 0.15) is 19.5 Å². The molecule has 0 aliphatic carbocycles. The Morgan fingerprint density at radius 2 is 2.14 bits per heavy atom. The molecule has 0 unspecified atom stereocenters. The molecule has 0 aliphatic rings. The highest BCUT2D eigenvalue weighted by molar-refractivity contribution is 5.76. The van der Waals surface area contributed by atoms with Crippen LogP contribution in [0.15, 0.2) is 18.3 Å². The van der Waals surface area contributed by atoms with Crippen LogP contribution in [0.2, 0.25) is 0 Å². The van der Waals surface area contributed by atoms with Crippen LogP contribution in [-0.4, -0.2) is 9.97 Å². The highest BCUT2D eigenvalue weighted by Gasteiger charge is 2.17. The Kier molecular flexibility index (Phi) is 1.82. The molecule has 74 valence electrons. The summed E-state index contributed by atoms with van der Waals surface area (Å²) < 4.78 is 12.8. The molecule has 0 aromatic carbocycles. The molecule has 2 aromatic heterocycles. The Hall–Kier alpha value is -1.42. The summed E-state index contributed by atoms with van der Waals surface area (Å²) in [6.45, 7) is 3.77. The maximum atomic E-state index is 12.8. The number of fused-ring (bicyclic) bond motifs is 1. The number of H-pyrrole nitrogens is 1. The topological polar surface area (TPSA) is 54.7 Å². The summed E-state index contributed by atoms with van der Waals surface area (Å²) in [5, 5.41) is 0. The molecule has 0 radical (unpaired) electrons. The first-order valence-electron chi connectivity index (χ1n) is 4.40. The van der Waals surface area contributed by atoms with Crippen molar-refractivity contribution in [1.82, 2.24) is 9.97 Å². The second-order valence-corrected chi connectivity index (χ2v) is 3.99. The quantitative estimate of drug-likeness (QED) is 0.726. The Morgan fingerprint density at radius 1 is 1.43 bits per heavy atom. The fraction of sp³-hybridized carbons (Fsp3) is 0.300. The van der Waals surface area contributed by atoms with Gasteiger partial charge in [0.15, 0.2) is 0 Å². The standard InChI is InChI=1S/C10H12FN3/c1-10(2,12)9-4-7-8(14-9)3-6(11)5-13-7/h3-5,14H,12H2,1-2H3. The van der Waals surface area contributed by atoms with Crippen molar-refractivity contribution in [2.24, 2.45) is 5.73 Å². The van der Waals surface area contributed by atoms with Crippen LogP contribution < -0.4 is 5.73 Å². The normalized spacial score (nSPS) is 12.3. The monoisotopic (exact) mass is 193 g/mol. The van der Waals surface area contributed by atoms with Crippen molar-refractivity contribution in [2.45, 2.75) is 19.4 Å². The minimum Gasteiger partial charge on any atom is -0.355 e. The van der Waals surface area contributed by atoms with Crippen molar-refractivity contribution in [3.05, 3.63) is 29.8 Å². The van der Waals surface area contributed by atoms with Crippen LogP contribution in [0.4, 0.5) is 4.39 Å². The van der Waals surface area contributed by atoms with Crippen LogP contribution >= 0.6 is 0 Å². The van der Waals surface area contributed by atoms with Gasteiger partial charge in [-0.25, -0.2) is 4.39 Å². The third-order valence-corrected chi connectivity index (χ3v) is 2.13. The zero-order chi connectivity index (χ0) is 10.3.